The fourth-order valence-electron chi connectivity index (χ4n) is 4.14. The molecule has 32 heavy (non-hydrogen) atoms. The predicted molar refractivity (Wildman–Crippen MR) is 142 cm³/mol. The molecule has 3 heteroatoms. The van der Waals surface area contributed by atoms with E-state index < -0.39 is 0 Å². The molecule has 0 radical (unpaired) electrons. The van der Waals surface area contributed by atoms with Crippen molar-refractivity contribution in [3.63, 3.8) is 0 Å². The second-order valence-electron chi connectivity index (χ2n) is 8.48. The lowest BCUT2D eigenvalue weighted by atomic mass is 9.71. The molecular weight excluding hydrogens is 430 g/mol. The lowest BCUT2D eigenvalue weighted by Gasteiger charge is -2.36. The Morgan fingerprint density at radius 1 is 0.719 bits per heavy atom. The van der Waals surface area contributed by atoms with Crippen LogP contribution >= 0.6 is 23.8 Å². The first kappa shape index (κ1) is 22.3. The van der Waals surface area contributed by atoms with Gasteiger partial charge < -0.3 is 5.32 Å². The van der Waals surface area contributed by atoms with E-state index >= 15 is 0 Å². The number of hydrogen-bond donors (Lipinski definition) is 1. The molecule has 1 N–H and O–H groups in total. The molecule has 0 amide bonds. The highest BCUT2D eigenvalue weighted by Crippen LogP contribution is 2.44. The van der Waals surface area contributed by atoms with Gasteiger partial charge in [0.25, 0.3) is 0 Å². The van der Waals surface area contributed by atoms with Gasteiger partial charge in [-0.3, -0.25) is 0 Å². The van der Waals surface area contributed by atoms with Gasteiger partial charge in [0.2, 0.25) is 0 Å². The third kappa shape index (κ3) is 4.77. The van der Waals surface area contributed by atoms with Gasteiger partial charge in [0.05, 0.1) is 4.99 Å². The molecule has 160 valence electrons. The van der Waals surface area contributed by atoms with Gasteiger partial charge >= 0.3 is 0 Å². The van der Waals surface area contributed by atoms with Crippen LogP contribution < -0.4 is 5.32 Å². The van der Waals surface area contributed by atoms with E-state index in [-0.39, 0.29) is 11.3 Å². The maximum atomic E-state index is 6.65. The zero-order valence-electron chi connectivity index (χ0n) is 18.3. The summed E-state index contributed by atoms with van der Waals surface area (Å²) in [6.45, 7) is 4.36. The summed E-state index contributed by atoms with van der Waals surface area (Å²) < 4.78 is 0. The van der Waals surface area contributed by atoms with Crippen molar-refractivity contribution in [1.29, 1.82) is 0 Å². The van der Waals surface area contributed by atoms with E-state index in [1.807, 2.05) is 30.3 Å². The highest BCUT2D eigenvalue weighted by Gasteiger charge is 2.37. The molecule has 0 saturated heterocycles. The van der Waals surface area contributed by atoms with Gasteiger partial charge in [-0.1, -0.05) is 129 Å². The van der Waals surface area contributed by atoms with E-state index in [4.69, 9.17) is 23.8 Å². The maximum absolute atomic E-state index is 6.65. The van der Waals surface area contributed by atoms with Crippen LogP contribution in [0.15, 0.2) is 109 Å². The molecule has 0 aromatic heterocycles. The number of benzene rings is 4. The largest absolute Gasteiger partial charge is 0.350 e. The summed E-state index contributed by atoms with van der Waals surface area (Å²) in [5.74, 6) is 0.0148. The molecule has 0 fully saturated rings. The molecule has 1 atom stereocenters. The van der Waals surface area contributed by atoms with E-state index in [1.54, 1.807) is 0 Å². The van der Waals surface area contributed by atoms with Gasteiger partial charge in [0.15, 0.2) is 0 Å². The fraction of sp³-hybridized carbons (Fsp3) is 0.138. The Hall–Kier alpha value is -2.94. The second-order valence-corrected chi connectivity index (χ2v) is 9.30. The SMILES string of the molecule is CC(C)(C(=S)Nc1ccc(-c2ccccc2)cc1)C(c1ccccc1)c1ccccc1Cl. The molecule has 4 aromatic carbocycles. The Balaban J connectivity index is 1.63. The average Bonchev–Trinajstić information content (AvgIpc) is 2.82. The van der Waals surface area contributed by atoms with Gasteiger partial charge in [-0.15, -0.1) is 0 Å². The number of hydrogen-bond acceptors (Lipinski definition) is 1. The van der Waals surface area contributed by atoms with Gasteiger partial charge in [-0.05, 0) is 40.5 Å². The van der Waals surface area contributed by atoms with Crippen LogP contribution in [0.2, 0.25) is 5.02 Å². The van der Waals surface area contributed by atoms with Crippen molar-refractivity contribution in [3.05, 3.63) is 125 Å². The fourth-order valence-corrected chi connectivity index (χ4v) is 4.62. The van der Waals surface area contributed by atoms with Gasteiger partial charge in [-0.25, -0.2) is 0 Å². The first-order chi connectivity index (χ1) is 15.5. The Bertz CT molecular complexity index is 1180. The minimum absolute atomic E-state index is 0.0148. The van der Waals surface area contributed by atoms with E-state index in [2.05, 4.69) is 98.0 Å². The molecule has 0 heterocycles. The van der Waals surface area contributed by atoms with E-state index in [0.717, 1.165) is 21.3 Å². The number of thiocarbonyl (C=S) groups is 1. The number of rotatable bonds is 6. The van der Waals surface area contributed by atoms with Crippen molar-refractivity contribution in [3.8, 4) is 11.1 Å². The molecule has 0 aliphatic carbocycles. The zero-order chi connectivity index (χ0) is 22.6. The summed E-state index contributed by atoms with van der Waals surface area (Å²) in [6.07, 6.45) is 0. The Labute approximate surface area is 201 Å². The third-order valence-electron chi connectivity index (χ3n) is 5.91. The van der Waals surface area contributed by atoms with Crippen LogP contribution in [0.25, 0.3) is 11.1 Å². The van der Waals surface area contributed by atoms with Crippen molar-refractivity contribution >= 4 is 34.5 Å². The van der Waals surface area contributed by atoms with Crippen LogP contribution in [0.4, 0.5) is 5.69 Å². The lowest BCUT2D eigenvalue weighted by molar-refractivity contribution is 0.460. The second kappa shape index (κ2) is 9.68. The summed E-state index contributed by atoms with van der Waals surface area (Å²) in [4.78, 5) is 0.777. The third-order valence-corrected chi connectivity index (χ3v) is 6.88. The van der Waals surface area contributed by atoms with Crippen LogP contribution in [0, 0.1) is 5.41 Å². The molecule has 4 aromatic rings. The number of halogens is 1. The molecule has 1 nitrogen and oxygen atoms in total. The van der Waals surface area contributed by atoms with Gasteiger partial charge in [0.1, 0.15) is 0 Å². The molecular formula is C29H26ClNS. The summed E-state index contributed by atoms with van der Waals surface area (Å²) in [5, 5.41) is 4.24. The molecule has 0 bridgehead atoms. The first-order valence-corrected chi connectivity index (χ1v) is 11.5. The van der Waals surface area contributed by atoms with Crippen LogP contribution in [-0.2, 0) is 0 Å². The Kier molecular flexibility index (Phi) is 6.74. The normalized spacial score (nSPS) is 12.2. The standard InChI is InChI=1S/C29H26ClNS/c1-29(2,27(23-13-7-4-8-14-23)25-15-9-10-16-26(25)30)28(32)31-24-19-17-22(18-20-24)21-11-5-3-6-12-21/h3-20,27H,1-2H3,(H,31,32). The summed E-state index contributed by atoms with van der Waals surface area (Å²) >= 11 is 12.6. The van der Waals surface area contributed by atoms with Crippen molar-refractivity contribution in [2.45, 2.75) is 19.8 Å². The van der Waals surface area contributed by atoms with E-state index in [0.29, 0.717) is 0 Å². The topological polar surface area (TPSA) is 12.0 Å². The average molecular weight is 456 g/mol. The highest BCUT2D eigenvalue weighted by molar-refractivity contribution is 7.80. The smallest absolute Gasteiger partial charge is 0.0863 e. The molecule has 0 spiro atoms. The molecule has 0 aliphatic rings. The van der Waals surface area contributed by atoms with Crippen molar-refractivity contribution in [2.75, 3.05) is 5.32 Å². The monoisotopic (exact) mass is 455 g/mol. The van der Waals surface area contributed by atoms with Gasteiger partial charge in [0, 0.05) is 22.0 Å². The summed E-state index contributed by atoms with van der Waals surface area (Å²) in [7, 11) is 0. The number of anilines is 1. The van der Waals surface area contributed by atoms with Crippen LogP contribution in [0.5, 0.6) is 0 Å². The minimum Gasteiger partial charge on any atom is -0.350 e. The highest BCUT2D eigenvalue weighted by atomic mass is 35.5. The molecule has 0 aliphatic heterocycles. The van der Waals surface area contributed by atoms with Crippen LogP contribution in [0.1, 0.15) is 30.9 Å². The quantitative estimate of drug-likeness (QED) is 0.292. The van der Waals surface area contributed by atoms with E-state index in [9.17, 15) is 0 Å². The predicted octanol–water partition coefficient (Wildman–Crippen LogP) is 8.60. The Morgan fingerprint density at radius 2 is 1.25 bits per heavy atom. The molecule has 1 unspecified atom stereocenters. The molecule has 0 saturated carbocycles. The van der Waals surface area contributed by atoms with Crippen molar-refractivity contribution in [2.24, 2.45) is 5.41 Å². The lowest BCUT2D eigenvalue weighted by Crippen LogP contribution is -2.35. The van der Waals surface area contributed by atoms with Crippen molar-refractivity contribution in [1.82, 2.24) is 0 Å². The van der Waals surface area contributed by atoms with E-state index in [1.165, 1.54) is 16.7 Å². The summed E-state index contributed by atoms with van der Waals surface area (Å²) in [6, 6.07) is 37.3. The number of nitrogens with one attached hydrogen (secondary N) is 1. The van der Waals surface area contributed by atoms with Crippen LogP contribution in [-0.4, -0.2) is 4.99 Å². The first-order valence-electron chi connectivity index (χ1n) is 10.7. The zero-order valence-corrected chi connectivity index (χ0v) is 19.8. The Morgan fingerprint density at radius 3 is 1.88 bits per heavy atom. The molecule has 4 rings (SSSR count). The van der Waals surface area contributed by atoms with Gasteiger partial charge in [-0.2, -0.15) is 0 Å². The maximum Gasteiger partial charge on any atom is 0.0863 e. The minimum atomic E-state index is -0.375. The van der Waals surface area contributed by atoms with Crippen molar-refractivity contribution < 1.29 is 0 Å². The summed E-state index contributed by atoms with van der Waals surface area (Å²) in [5.41, 5.74) is 5.25. The van der Waals surface area contributed by atoms with Crippen LogP contribution in [0.3, 0.4) is 0 Å².